The van der Waals surface area contributed by atoms with Gasteiger partial charge in [0.05, 0.1) is 31.5 Å². The summed E-state index contributed by atoms with van der Waals surface area (Å²) in [7, 11) is 0. The van der Waals surface area contributed by atoms with Crippen molar-refractivity contribution in [1.29, 1.82) is 0 Å². The Labute approximate surface area is 91.8 Å². The van der Waals surface area contributed by atoms with E-state index in [1.54, 1.807) is 0 Å². The molecular weight excluding hydrogens is 188 g/mol. The van der Waals surface area contributed by atoms with Crippen LogP contribution >= 0.6 is 0 Å². The SMILES string of the molecule is CC(C)(C)C(=O)N1CCC[N+]2=C1CCC2. The van der Waals surface area contributed by atoms with Crippen molar-refractivity contribution in [3.8, 4) is 0 Å². The normalized spacial score (nSPS) is 21.9. The van der Waals surface area contributed by atoms with Crippen molar-refractivity contribution >= 4 is 11.7 Å². The van der Waals surface area contributed by atoms with E-state index in [2.05, 4.69) is 4.58 Å². The van der Waals surface area contributed by atoms with E-state index < -0.39 is 0 Å². The zero-order valence-electron chi connectivity index (χ0n) is 10.0. The van der Waals surface area contributed by atoms with Gasteiger partial charge in [0.15, 0.2) is 0 Å². The summed E-state index contributed by atoms with van der Waals surface area (Å²) in [6, 6.07) is 0. The second kappa shape index (κ2) is 3.62. The Bertz CT molecular complexity index is 312. The molecule has 0 radical (unpaired) electrons. The fourth-order valence-electron chi connectivity index (χ4n) is 2.43. The molecule has 0 aliphatic carbocycles. The van der Waals surface area contributed by atoms with Crippen molar-refractivity contribution in [2.24, 2.45) is 5.41 Å². The van der Waals surface area contributed by atoms with Gasteiger partial charge in [0.1, 0.15) is 0 Å². The number of amidine groups is 1. The highest BCUT2D eigenvalue weighted by Crippen LogP contribution is 2.22. The third-order valence-corrected chi connectivity index (χ3v) is 3.20. The van der Waals surface area contributed by atoms with Crippen LogP contribution in [-0.2, 0) is 4.79 Å². The summed E-state index contributed by atoms with van der Waals surface area (Å²) in [5.41, 5.74) is -0.251. The van der Waals surface area contributed by atoms with Crippen molar-refractivity contribution in [3.63, 3.8) is 0 Å². The van der Waals surface area contributed by atoms with Gasteiger partial charge in [-0.25, -0.2) is 9.69 Å². The van der Waals surface area contributed by atoms with Gasteiger partial charge in [0, 0.05) is 6.42 Å². The minimum atomic E-state index is -0.251. The minimum Gasteiger partial charge on any atom is -0.265 e. The lowest BCUT2D eigenvalue weighted by atomic mass is 9.94. The van der Waals surface area contributed by atoms with Gasteiger partial charge in [-0.2, -0.15) is 0 Å². The quantitative estimate of drug-likeness (QED) is 0.554. The number of hydrogen-bond acceptors (Lipinski definition) is 1. The molecule has 0 N–H and O–H groups in total. The maximum atomic E-state index is 12.2. The number of carbonyl (C=O) groups excluding carboxylic acids is 1. The summed E-state index contributed by atoms with van der Waals surface area (Å²) in [6.45, 7) is 9.21. The fourth-order valence-corrected chi connectivity index (χ4v) is 2.43. The fraction of sp³-hybridized carbons (Fsp3) is 0.833. The first kappa shape index (κ1) is 10.7. The Morgan fingerprint density at radius 3 is 2.60 bits per heavy atom. The van der Waals surface area contributed by atoms with Crippen LogP contribution in [0.5, 0.6) is 0 Å². The molecule has 2 aliphatic rings. The predicted molar refractivity (Wildman–Crippen MR) is 60.0 cm³/mol. The van der Waals surface area contributed by atoms with E-state index in [4.69, 9.17) is 0 Å². The average Bonchev–Trinajstić information content (AvgIpc) is 2.62. The summed E-state index contributed by atoms with van der Waals surface area (Å²) >= 11 is 0. The van der Waals surface area contributed by atoms with E-state index in [-0.39, 0.29) is 11.3 Å². The van der Waals surface area contributed by atoms with E-state index in [9.17, 15) is 4.79 Å². The summed E-state index contributed by atoms with van der Waals surface area (Å²) < 4.78 is 2.38. The van der Waals surface area contributed by atoms with Gasteiger partial charge >= 0.3 is 5.91 Å². The zero-order valence-corrected chi connectivity index (χ0v) is 10.0. The molecule has 0 saturated heterocycles. The molecule has 0 fully saturated rings. The van der Waals surface area contributed by atoms with Crippen LogP contribution in [0.15, 0.2) is 0 Å². The predicted octanol–water partition coefficient (Wildman–Crippen LogP) is 1.47. The van der Waals surface area contributed by atoms with Gasteiger partial charge in [0.25, 0.3) is 5.84 Å². The third-order valence-electron chi connectivity index (χ3n) is 3.20. The highest BCUT2D eigenvalue weighted by atomic mass is 16.2. The molecule has 0 spiro atoms. The Morgan fingerprint density at radius 2 is 1.93 bits per heavy atom. The number of amides is 1. The molecular formula is C12H21N2O+. The molecule has 3 nitrogen and oxygen atoms in total. The first-order valence-electron chi connectivity index (χ1n) is 5.93. The largest absolute Gasteiger partial charge is 0.314 e. The monoisotopic (exact) mass is 209 g/mol. The molecule has 2 rings (SSSR count). The summed E-state index contributed by atoms with van der Waals surface area (Å²) in [4.78, 5) is 14.3. The van der Waals surface area contributed by atoms with Crippen LogP contribution in [0.3, 0.4) is 0 Å². The second-order valence-electron chi connectivity index (χ2n) is 5.57. The highest BCUT2D eigenvalue weighted by Gasteiger charge is 2.40. The zero-order chi connectivity index (χ0) is 11.1. The molecule has 1 amide bonds. The molecule has 0 aromatic carbocycles. The van der Waals surface area contributed by atoms with Gasteiger partial charge in [-0.3, -0.25) is 4.58 Å². The molecule has 0 aromatic rings. The van der Waals surface area contributed by atoms with Crippen LogP contribution in [0.25, 0.3) is 0 Å². The Morgan fingerprint density at radius 1 is 1.27 bits per heavy atom. The third kappa shape index (κ3) is 1.92. The molecule has 0 unspecified atom stereocenters. The lowest BCUT2D eigenvalue weighted by Gasteiger charge is -2.26. The molecule has 2 aliphatic heterocycles. The molecule has 0 atom stereocenters. The Balaban J connectivity index is 2.22. The van der Waals surface area contributed by atoms with Crippen molar-refractivity contribution in [1.82, 2.24) is 4.90 Å². The van der Waals surface area contributed by atoms with Crippen molar-refractivity contribution < 1.29 is 9.37 Å². The first-order chi connectivity index (χ1) is 7.00. The highest BCUT2D eigenvalue weighted by molar-refractivity contribution is 5.98. The summed E-state index contributed by atoms with van der Waals surface area (Å²) in [5.74, 6) is 1.56. The van der Waals surface area contributed by atoms with Gasteiger partial charge in [0.2, 0.25) is 0 Å². The van der Waals surface area contributed by atoms with Crippen LogP contribution < -0.4 is 0 Å². The second-order valence-corrected chi connectivity index (χ2v) is 5.57. The van der Waals surface area contributed by atoms with Crippen LogP contribution in [0.2, 0.25) is 0 Å². The van der Waals surface area contributed by atoms with E-state index in [0.717, 1.165) is 32.5 Å². The summed E-state index contributed by atoms with van der Waals surface area (Å²) in [6.07, 6.45) is 3.41. The number of nitrogens with zero attached hydrogens (tertiary/aromatic N) is 2. The van der Waals surface area contributed by atoms with E-state index >= 15 is 0 Å². The molecule has 3 heteroatoms. The average molecular weight is 209 g/mol. The van der Waals surface area contributed by atoms with Gasteiger partial charge in [-0.15, -0.1) is 0 Å². The van der Waals surface area contributed by atoms with Crippen LogP contribution in [0.4, 0.5) is 0 Å². The van der Waals surface area contributed by atoms with Crippen molar-refractivity contribution in [2.75, 3.05) is 19.6 Å². The molecule has 0 bridgehead atoms. The summed E-state index contributed by atoms with van der Waals surface area (Å²) in [5, 5.41) is 0. The lowest BCUT2D eigenvalue weighted by molar-refractivity contribution is -0.529. The van der Waals surface area contributed by atoms with Crippen LogP contribution in [0, 0.1) is 5.41 Å². The maximum Gasteiger partial charge on any atom is 0.314 e. The van der Waals surface area contributed by atoms with Crippen LogP contribution in [-0.4, -0.2) is 40.9 Å². The molecule has 2 heterocycles. The Kier molecular flexibility index (Phi) is 2.57. The topological polar surface area (TPSA) is 23.3 Å². The molecule has 0 aromatic heterocycles. The number of hydrogen-bond donors (Lipinski definition) is 0. The van der Waals surface area contributed by atoms with Gasteiger partial charge in [-0.1, -0.05) is 0 Å². The standard InChI is InChI=1S/C12H21N2O/c1-12(2,3)11(15)14-9-5-8-13-7-4-6-10(13)14/h4-9H2,1-3H3/q+1. The lowest BCUT2D eigenvalue weighted by Crippen LogP contribution is -2.49. The van der Waals surface area contributed by atoms with E-state index in [0.29, 0.717) is 0 Å². The molecule has 15 heavy (non-hydrogen) atoms. The maximum absolute atomic E-state index is 12.2. The van der Waals surface area contributed by atoms with Crippen LogP contribution in [0.1, 0.15) is 40.0 Å². The van der Waals surface area contributed by atoms with E-state index in [1.165, 1.54) is 12.3 Å². The van der Waals surface area contributed by atoms with E-state index in [1.807, 2.05) is 25.7 Å². The number of carbonyl (C=O) groups is 1. The van der Waals surface area contributed by atoms with Gasteiger partial charge < -0.3 is 0 Å². The number of rotatable bonds is 0. The van der Waals surface area contributed by atoms with Crippen molar-refractivity contribution in [2.45, 2.75) is 40.0 Å². The smallest absolute Gasteiger partial charge is 0.265 e. The van der Waals surface area contributed by atoms with Crippen molar-refractivity contribution in [3.05, 3.63) is 0 Å². The Hall–Kier alpha value is -0.860. The molecule has 84 valence electrons. The molecule has 0 saturated carbocycles. The van der Waals surface area contributed by atoms with Gasteiger partial charge in [-0.05, 0) is 27.2 Å². The minimum absolute atomic E-state index is 0.251. The first-order valence-corrected chi connectivity index (χ1v) is 5.93.